The van der Waals surface area contributed by atoms with E-state index in [-0.39, 0.29) is 5.97 Å². The lowest BCUT2D eigenvalue weighted by atomic mass is 10.1. The monoisotopic (exact) mass is 481 g/mol. The molecule has 0 amide bonds. The second-order valence-electron chi connectivity index (χ2n) is 7.71. The number of hydrogen-bond donors (Lipinski definition) is 1. The second-order valence-corrected chi connectivity index (χ2v) is 9.24. The van der Waals surface area contributed by atoms with Crippen LogP contribution in [0.25, 0.3) is 0 Å². The molecule has 1 fully saturated rings. The maximum absolute atomic E-state index is 12.4. The van der Waals surface area contributed by atoms with Crippen molar-refractivity contribution in [2.45, 2.75) is 6.42 Å². The first-order chi connectivity index (χ1) is 16.1. The number of ether oxygens (including phenoxy) is 2. The summed E-state index contributed by atoms with van der Waals surface area (Å²) in [4.78, 5) is 17.9. The number of thiophene rings is 1. The Kier molecular flexibility index (Phi) is 7.47. The smallest absolute Gasteiger partial charge is 0.340 e. The fourth-order valence-electron chi connectivity index (χ4n) is 3.82. The van der Waals surface area contributed by atoms with Crippen LogP contribution in [-0.2, 0) is 11.2 Å². The van der Waals surface area contributed by atoms with Crippen LogP contribution >= 0.6 is 23.6 Å². The number of carbonyl (C=O) groups is 1. The van der Waals surface area contributed by atoms with E-state index < -0.39 is 0 Å². The van der Waals surface area contributed by atoms with Crippen LogP contribution in [0, 0.1) is 0 Å². The van der Waals surface area contributed by atoms with E-state index in [1.54, 1.807) is 18.4 Å². The van der Waals surface area contributed by atoms with Gasteiger partial charge in [0.25, 0.3) is 0 Å². The van der Waals surface area contributed by atoms with Gasteiger partial charge in [-0.25, -0.2) is 4.79 Å². The van der Waals surface area contributed by atoms with Gasteiger partial charge in [0.05, 0.1) is 19.8 Å². The standard InChI is InChI=1S/C25H27N3O3S2/c1-30-20-10-8-19(9-11-20)27-12-14-28(15-13-27)25(32)26-23-22(24(29)31-2)17-21(33-23)16-18-6-4-3-5-7-18/h3-11,17H,12-16H2,1-2H3,(H,26,32). The van der Waals surface area contributed by atoms with E-state index in [0.717, 1.165) is 48.2 Å². The van der Waals surface area contributed by atoms with Crippen LogP contribution in [0.1, 0.15) is 20.8 Å². The molecule has 0 bridgehead atoms. The first kappa shape index (κ1) is 23.1. The quantitative estimate of drug-likeness (QED) is 0.406. The van der Waals surface area contributed by atoms with Gasteiger partial charge in [0.15, 0.2) is 5.11 Å². The highest BCUT2D eigenvalue weighted by molar-refractivity contribution is 7.80. The molecule has 33 heavy (non-hydrogen) atoms. The number of carbonyl (C=O) groups excluding carboxylic acids is 1. The van der Waals surface area contributed by atoms with Crippen LogP contribution in [0.4, 0.5) is 10.7 Å². The summed E-state index contributed by atoms with van der Waals surface area (Å²) >= 11 is 7.24. The molecule has 0 spiro atoms. The lowest BCUT2D eigenvalue weighted by Gasteiger charge is -2.37. The molecule has 2 aromatic carbocycles. The third kappa shape index (κ3) is 5.64. The van der Waals surface area contributed by atoms with E-state index in [0.29, 0.717) is 10.7 Å². The molecule has 0 aliphatic carbocycles. The maximum atomic E-state index is 12.4. The van der Waals surface area contributed by atoms with Crippen LogP contribution in [0.5, 0.6) is 5.75 Å². The summed E-state index contributed by atoms with van der Waals surface area (Å²) in [5.41, 5.74) is 2.89. The van der Waals surface area contributed by atoms with Gasteiger partial charge in [-0.2, -0.15) is 0 Å². The summed E-state index contributed by atoms with van der Waals surface area (Å²) in [5.74, 6) is 0.493. The topological polar surface area (TPSA) is 54.0 Å². The Labute approximate surface area is 203 Å². The predicted molar refractivity (Wildman–Crippen MR) is 138 cm³/mol. The molecule has 1 N–H and O–H groups in total. The lowest BCUT2D eigenvalue weighted by Crippen LogP contribution is -2.50. The van der Waals surface area contributed by atoms with Crippen molar-refractivity contribution in [1.82, 2.24) is 4.90 Å². The summed E-state index contributed by atoms with van der Waals surface area (Å²) in [6.07, 6.45) is 0.754. The van der Waals surface area contributed by atoms with Crippen LogP contribution in [0.2, 0.25) is 0 Å². The van der Waals surface area contributed by atoms with Crippen LogP contribution in [0.3, 0.4) is 0 Å². The third-order valence-corrected chi connectivity index (χ3v) is 7.05. The normalized spacial score (nSPS) is 13.5. The van der Waals surface area contributed by atoms with E-state index in [9.17, 15) is 4.79 Å². The van der Waals surface area contributed by atoms with Crippen molar-refractivity contribution in [1.29, 1.82) is 0 Å². The molecule has 1 saturated heterocycles. The number of methoxy groups -OCH3 is 2. The summed E-state index contributed by atoms with van der Waals surface area (Å²) in [5, 5.41) is 4.67. The molecular weight excluding hydrogens is 454 g/mol. The number of anilines is 2. The maximum Gasteiger partial charge on any atom is 0.340 e. The zero-order valence-electron chi connectivity index (χ0n) is 18.7. The summed E-state index contributed by atoms with van der Waals surface area (Å²) in [6, 6.07) is 20.2. The molecule has 172 valence electrons. The summed E-state index contributed by atoms with van der Waals surface area (Å²) in [7, 11) is 3.07. The van der Waals surface area contributed by atoms with E-state index in [4.69, 9.17) is 21.7 Å². The van der Waals surface area contributed by atoms with Crippen molar-refractivity contribution >= 4 is 45.3 Å². The van der Waals surface area contributed by atoms with Gasteiger partial charge in [-0.1, -0.05) is 30.3 Å². The van der Waals surface area contributed by atoms with Crippen molar-refractivity contribution in [2.75, 3.05) is 50.6 Å². The fraction of sp³-hybridized carbons (Fsp3) is 0.280. The number of rotatable bonds is 6. The Balaban J connectivity index is 1.40. The average Bonchev–Trinajstić information content (AvgIpc) is 3.26. The number of hydrogen-bond acceptors (Lipinski definition) is 6. The van der Waals surface area contributed by atoms with Gasteiger partial charge in [-0.05, 0) is 48.1 Å². The van der Waals surface area contributed by atoms with Gasteiger partial charge in [-0.3, -0.25) is 0 Å². The van der Waals surface area contributed by atoms with Gasteiger partial charge in [-0.15, -0.1) is 11.3 Å². The summed E-state index contributed by atoms with van der Waals surface area (Å²) < 4.78 is 10.2. The van der Waals surface area contributed by atoms with E-state index in [1.165, 1.54) is 18.4 Å². The largest absolute Gasteiger partial charge is 0.497 e. The SMILES string of the molecule is COC(=O)c1cc(Cc2ccccc2)sc1NC(=S)N1CCN(c2ccc(OC)cc2)CC1. The van der Waals surface area contributed by atoms with Crippen molar-refractivity contribution in [3.05, 3.63) is 76.7 Å². The highest BCUT2D eigenvalue weighted by Crippen LogP contribution is 2.31. The lowest BCUT2D eigenvalue weighted by molar-refractivity contribution is 0.0602. The van der Waals surface area contributed by atoms with E-state index >= 15 is 0 Å². The molecule has 0 radical (unpaired) electrons. The minimum Gasteiger partial charge on any atom is -0.497 e. The van der Waals surface area contributed by atoms with Gasteiger partial charge >= 0.3 is 5.97 Å². The first-order valence-electron chi connectivity index (χ1n) is 10.8. The molecule has 1 aromatic heterocycles. The Morgan fingerprint density at radius 1 is 1.03 bits per heavy atom. The minimum absolute atomic E-state index is 0.361. The van der Waals surface area contributed by atoms with Crippen molar-refractivity contribution in [3.8, 4) is 5.75 Å². The van der Waals surface area contributed by atoms with Gasteiger partial charge in [0, 0.05) is 43.2 Å². The zero-order valence-corrected chi connectivity index (χ0v) is 20.4. The number of thiocarbonyl (C=S) groups is 1. The van der Waals surface area contributed by atoms with Crippen molar-refractivity contribution in [3.63, 3.8) is 0 Å². The molecule has 2 heterocycles. The third-order valence-electron chi connectivity index (χ3n) is 5.63. The Morgan fingerprint density at radius 2 is 1.73 bits per heavy atom. The predicted octanol–water partition coefficient (Wildman–Crippen LogP) is 4.65. The zero-order chi connectivity index (χ0) is 23.2. The van der Waals surface area contributed by atoms with Crippen LogP contribution < -0.4 is 15.0 Å². The van der Waals surface area contributed by atoms with Gasteiger partial charge in [0.1, 0.15) is 10.8 Å². The Bertz CT molecular complexity index is 1090. The molecule has 0 saturated carbocycles. The molecule has 1 aliphatic heterocycles. The molecular formula is C25H27N3O3S2. The minimum atomic E-state index is -0.361. The van der Waals surface area contributed by atoms with Crippen molar-refractivity contribution in [2.24, 2.45) is 0 Å². The molecule has 8 heteroatoms. The molecule has 4 rings (SSSR count). The Hall–Kier alpha value is -3.10. The number of piperazine rings is 1. The second kappa shape index (κ2) is 10.7. The number of benzene rings is 2. The fourth-order valence-corrected chi connectivity index (χ4v) is 5.24. The Morgan fingerprint density at radius 3 is 2.36 bits per heavy atom. The van der Waals surface area contributed by atoms with Crippen LogP contribution in [-0.4, -0.2) is 56.4 Å². The van der Waals surface area contributed by atoms with Crippen LogP contribution in [0.15, 0.2) is 60.7 Å². The summed E-state index contributed by atoms with van der Waals surface area (Å²) in [6.45, 7) is 3.32. The number of nitrogens with one attached hydrogen (secondary N) is 1. The average molecular weight is 482 g/mol. The van der Waals surface area contributed by atoms with E-state index in [1.807, 2.05) is 36.4 Å². The first-order valence-corrected chi connectivity index (χ1v) is 12.0. The highest BCUT2D eigenvalue weighted by atomic mass is 32.1. The molecule has 6 nitrogen and oxygen atoms in total. The number of nitrogens with zero attached hydrogens (tertiary/aromatic N) is 2. The van der Waals surface area contributed by atoms with Gasteiger partial charge < -0.3 is 24.6 Å². The van der Waals surface area contributed by atoms with Gasteiger partial charge in [0.2, 0.25) is 0 Å². The molecule has 0 atom stereocenters. The molecule has 1 aliphatic rings. The van der Waals surface area contributed by atoms with E-state index in [2.05, 4.69) is 39.4 Å². The van der Waals surface area contributed by atoms with Crippen molar-refractivity contribution < 1.29 is 14.3 Å². The number of esters is 1. The molecule has 0 unspecified atom stereocenters. The highest BCUT2D eigenvalue weighted by Gasteiger charge is 2.22. The molecule has 3 aromatic rings.